The third-order valence-electron chi connectivity index (χ3n) is 4.75. The van der Waals surface area contributed by atoms with Crippen molar-refractivity contribution in [3.63, 3.8) is 0 Å². The summed E-state index contributed by atoms with van der Waals surface area (Å²) in [6.07, 6.45) is 0.791. The molecule has 25 heavy (non-hydrogen) atoms. The molecule has 0 spiro atoms. The summed E-state index contributed by atoms with van der Waals surface area (Å²) in [6.45, 7) is 8.15. The minimum Gasteiger partial charge on any atom is -0.370 e. The highest BCUT2D eigenvalue weighted by atomic mass is 35.5. The number of halogens is 1. The van der Waals surface area contributed by atoms with Crippen LogP contribution in [-0.2, 0) is 9.59 Å². The Labute approximate surface area is 155 Å². The Balaban J connectivity index is 2.13. The van der Waals surface area contributed by atoms with Crippen molar-refractivity contribution < 1.29 is 9.59 Å². The molecule has 1 fully saturated rings. The molecule has 1 aliphatic rings. The number of rotatable bonds is 6. The summed E-state index contributed by atoms with van der Waals surface area (Å²) in [5, 5.41) is 0.703. The molecule has 1 saturated heterocycles. The topological polar surface area (TPSA) is 66.6 Å². The minimum absolute atomic E-state index is 0.0620. The maximum absolute atomic E-state index is 12.4. The second-order valence-corrected chi connectivity index (χ2v) is 7.66. The van der Waals surface area contributed by atoms with E-state index in [0.29, 0.717) is 30.5 Å². The second kappa shape index (κ2) is 8.68. The molecule has 2 atom stereocenters. The number of piperazine rings is 1. The largest absolute Gasteiger partial charge is 0.370 e. The third-order valence-corrected chi connectivity index (χ3v) is 5.00. The van der Waals surface area contributed by atoms with E-state index < -0.39 is 0 Å². The van der Waals surface area contributed by atoms with Gasteiger partial charge in [-0.15, -0.1) is 0 Å². The molecule has 6 heteroatoms. The van der Waals surface area contributed by atoms with Gasteiger partial charge in [-0.25, -0.2) is 0 Å². The maximum Gasteiger partial charge on any atom is 0.222 e. The fourth-order valence-corrected chi connectivity index (χ4v) is 3.56. The van der Waals surface area contributed by atoms with Crippen LogP contribution in [0.2, 0.25) is 5.02 Å². The third kappa shape index (κ3) is 5.44. The Morgan fingerprint density at radius 2 is 1.84 bits per heavy atom. The molecule has 2 rings (SSSR count). The van der Waals surface area contributed by atoms with Gasteiger partial charge in [0.15, 0.2) is 0 Å². The summed E-state index contributed by atoms with van der Waals surface area (Å²) in [4.78, 5) is 28.1. The van der Waals surface area contributed by atoms with Gasteiger partial charge in [0.2, 0.25) is 11.8 Å². The predicted octanol–water partition coefficient (Wildman–Crippen LogP) is 2.84. The molecule has 2 N–H and O–H groups in total. The molecule has 1 aliphatic heterocycles. The van der Waals surface area contributed by atoms with Crippen molar-refractivity contribution in [3.05, 3.63) is 34.9 Å². The Morgan fingerprint density at radius 3 is 2.40 bits per heavy atom. The number of amides is 2. The van der Waals surface area contributed by atoms with Crippen LogP contribution in [0.4, 0.5) is 0 Å². The predicted molar refractivity (Wildman–Crippen MR) is 100 cm³/mol. The van der Waals surface area contributed by atoms with Crippen LogP contribution in [-0.4, -0.2) is 47.3 Å². The van der Waals surface area contributed by atoms with Gasteiger partial charge in [0.05, 0.1) is 0 Å². The normalized spacial score (nSPS) is 19.9. The molecular weight excluding hydrogens is 338 g/mol. The number of primary amides is 1. The van der Waals surface area contributed by atoms with E-state index in [2.05, 4.69) is 11.8 Å². The lowest BCUT2D eigenvalue weighted by atomic mass is 10.00. The first-order valence-corrected chi connectivity index (χ1v) is 9.23. The zero-order valence-corrected chi connectivity index (χ0v) is 16.0. The van der Waals surface area contributed by atoms with E-state index in [0.717, 1.165) is 12.1 Å². The Morgan fingerprint density at radius 1 is 1.20 bits per heavy atom. The number of carbonyl (C=O) groups is 2. The number of benzene rings is 1. The van der Waals surface area contributed by atoms with Crippen LogP contribution in [0.5, 0.6) is 0 Å². The van der Waals surface area contributed by atoms with Gasteiger partial charge in [-0.2, -0.15) is 0 Å². The van der Waals surface area contributed by atoms with E-state index >= 15 is 0 Å². The lowest BCUT2D eigenvalue weighted by Crippen LogP contribution is -2.56. The van der Waals surface area contributed by atoms with Crippen LogP contribution in [0.1, 0.15) is 45.2 Å². The molecule has 2 amide bonds. The van der Waals surface area contributed by atoms with Crippen LogP contribution in [0, 0.1) is 5.92 Å². The quantitative estimate of drug-likeness (QED) is 0.842. The minimum atomic E-state index is -0.337. The molecule has 1 aromatic carbocycles. The summed E-state index contributed by atoms with van der Waals surface area (Å²) in [6, 6.07) is 7.82. The molecule has 5 nitrogen and oxygen atoms in total. The van der Waals surface area contributed by atoms with Crippen LogP contribution in [0.25, 0.3) is 0 Å². The van der Waals surface area contributed by atoms with E-state index in [1.165, 1.54) is 0 Å². The van der Waals surface area contributed by atoms with Crippen LogP contribution in [0.15, 0.2) is 24.3 Å². The van der Waals surface area contributed by atoms with Crippen LogP contribution in [0.3, 0.4) is 0 Å². The molecule has 1 aromatic rings. The first kappa shape index (κ1) is 19.7. The molecule has 0 bridgehead atoms. The SMILES string of the molecule is CC(C)CC(=O)N1CCN(C(C)c2ccc(Cl)cc2)C(CC(N)=O)C1. The fraction of sp³-hybridized carbons (Fsp3) is 0.579. The number of hydrogen-bond donors (Lipinski definition) is 1. The van der Waals surface area contributed by atoms with Gasteiger partial charge in [0, 0.05) is 49.6 Å². The Kier molecular flexibility index (Phi) is 6.85. The van der Waals surface area contributed by atoms with Gasteiger partial charge in [0.25, 0.3) is 0 Å². The fourth-order valence-electron chi connectivity index (χ4n) is 3.43. The van der Waals surface area contributed by atoms with E-state index in [1.807, 2.05) is 43.0 Å². The van der Waals surface area contributed by atoms with Crippen molar-refractivity contribution in [1.29, 1.82) is 0 Å². The standard InChI is InChI=1S/C19H28ClN3O2/c1-13(2)10-19(25)22-8-9-23(17(12-22)11-18(21)24)14(3)15-4-6-16(20)7-5-15/h4-7,13-14,17H,8-12H2,1-3H3,(H2,21,24). The molecule has 0 radical (unpaired) electrons. The lowest BCUT2D eigenvalue weighted by molar-refractivity contribution is -0.136. The van der Waals surface area contributed by atoms with E-state index in [4.69, 9.17) is 17.3 Å². The average molecular weight is 366 g/mol. The molecule has 0 saturated carbocycles. The second-order valence-electron chi connectivity index (χ2n) is 7.23. The average Bonchev–Trinajstić information content (AvgIpc) is 2.53. The summed E-state index contributed by atoms with van der Waals surface area (Å²) >= 11 is 5.98. The Bertz CT molecular complexity index is 603. The van der Waals surface area contributed by atoms with Gasteiger partial charge < -0.3 is 10.6 Å². The number of nitrogens with zero attached hydrogens (tertiary/aromatic N) is 2. The maximum atomic E-state index is 12.4. The van der Waals surface area contributed by atoms with Crippen molar-refractivity contribution >= 4 is 23.4 Å². The number of nitrogens with two attached hydrogens (primary N) is 1. The van der Waals surface area contributed by atoms with Gasteiger partial charge in [0.1, 0.15) is 0 Å². The number of hydrogen-bond acceptors (Lipinski definition) is 3. The van der Waals surface area contributed by atoms with E-state index in [-0.39, 0.29) is 30.3 Å². The summed E-state index contributed by atoms with van der Waals surface area (Å²) in [7, 11) is 0. The van der Waals surface area contributed by atoms with E-state index in [9.17, 15) is 9.59 Å². The monoisotopic (exact) mass is 365 g/mol. The van der Waals surface area contributed by atoms with Crippen molar-refractivity contribution in [3.8, 4) is 0 Å². The molecular formula is C19H28ClN3O2. The van der Waals surface area contributed by atoms with Gasteiger partial charge in [-0.1, -0.05) is 37.6 Å². The summed E-state index contributed by atoms with van der Waals surface area (Å²) < 4.78 is 0. The van der Waals surface area contributed by atoms with Crippen molar-refractivity contribution in [1.82, 2.24) is 9.80 Å². The first-order valence-electron chi connectivity index (χ1n) is 8.85. The molecule has 1 heterocycles. The smallest absolute Gasteiger partial charge is 0.222 e. The van der Waals surface area contributed by atoms with Gasteiger partial charge in [-0.3, -0.25) is 14.5 Å². The zero-order chi connectivity index (χ0) is 18.6. The zero-order valence-electron chi connectivity index (χ0n) is 15.2. The lowest BCUT2D eigenvalue weighted by Gasteiger charge is -2.44. The summed E-state index contributed by atoms with van der Waals surface area (Å²) in [5.41, 5.74) is 6.60. The molecule has 0 aliphatic carbocycles. The van der Waals surface area contributed by atoms with Crippen LogP contribution < -0.4 is 5.73 Å². The Hall–Kier alpha value is -1.59. The van der Waals surface area contributed by atoms with Crippen LogP contribution >= 0.6 is 11.6 Å². The molecule has 0 aromatic heterocycles. The van der Waals surface area contributed by atoms with Gasteiger partial charge in [-0.05, 0) is 30.5 Å². The van der Waals surface area contributed by atoms with Crippen molar-refractivity contribution in [2.75, 3.05) is 19.6 Å². The van der Waals surface area contributed by atoms with E-state index in [1.54, 1.807) is 0 Å². The molecule has 2 unspecified atom stereocenters. The van der Waals surface area contributed by atoms with Crippen molar-refractivity contribution in [2.45, 2.75) is 45.7 Å². The molecule has 138 valence electrons. The van der Waals surface area contributed by atoms with Crippen molar-refractivity contribution in [2.24, 2.45) is 11.7 Å². The highest BCUT2D eigenvalue weighted by Gasteiger charge is 2.33. The highest BCUT2D eigenvalue weighted by Crippen LogP contribution is 2.27. The van der Waals surface area contributed by atoms with Gasteiger partial charge >= 0.3 is 0 Å². The first-order chi connectivity index (χ1) is 11.8. The summed E-state index contributed by atoms with van der Waals surface area (Å²) in [5.74, 6) is 0.146. The highest BCUT2D eigenvalue weighted by molar-refractivity contribution is 6.30. The number of carbonyl (C=O) groups excluding carboxylic acids is 2.